The van der Waals surface area contributed by atoms with E-state index in [4.69, 9.17) is 0 Å². The molecule has 0 aliphatic carbocycles. The van der Waals surface area contributed by atoms with Crippen molar-refractivity contribution in [1.82, 2.24) is 15.1 Å². The number of hydrogen-bond donors (Lipinski definition) is 1. The van der Waals surface area contributed by atoms with Crippen LogP contribution in [0.25, 0.3) is 0 Å². The summed E-state index contributed by atoms with van der Waals surface area (Å²) in [7, 11) is 0. The van der Waals surface area contributed by atoms with E-state index in [1.807, 2.05) is 6.20 Å². The van der Waals surface area contributed by atoms with Crippen LogP contribution in [0.1, 0.15) is 22.3 Å². The van der Waals surface area contributed by atoms with E-state index in [1.54, 1.807) is 17.8 Å². The Bertz CT molecular complexity index is 699. The lowest BCUT2D eigenvalue weighted by molar-refractivity contribution is -0.385. The van der Waals surface area contributed by atoms with Crippen LogP contribution in [0.4, 0.5) is 5.69 Å². The number of nitro groups is 1. The van der Waals surface area contributed by atoms with Gasteiger partial charge in [-0.05, 0) is 41.4 Å². The highest BCUT2D eigenvalue weighted by atomic mass is 79.9. The first-order chi connectivity index (χ1) is 10.5. The molecular weight excluding hydrogens is 352 g/mol. The Kier molecular flexibility index (Phi) is 5.26. The number of amides is 1. The van der Waals surface area contributed by atoms with Crippen LogP contribution in [-0.4, -0.2) is 27.2 Å². The molecule has 1 aromatic heterocycles. The third-order valence-electron chi connectivity index (χ3n) is 3.11. The smallest absolute Gasteiger partial charge is 0.272 e. The van der Waals surface area contributed by atoms with Gasteiger partial charge in [-0.1, -0.05) is 0 Å². The van der Waals surface area contributed by atoms with E-state index >= 15 is 0 Å². The summed E-state index contributed by atoms with van der Waals surface area (Å²) in [5.74, 6) is -0.236. The van der Waals surface area contributed by atoms with Gasteiger partial charge in [-0.3, -0.25) is 19.6 Å². The van der Waals surface area contributed by atoms with Crippen LogP contribution in [0.3, 0.4) is 0 Å². The Morgan fingerprint density at radius 1 is 1.50 bits per heavy atom. The Hall–Kier alpha value is -2.22. The molecule has 1 amide bonds. The van der Waals surface area contributed by atoms with Crippen molar-refractivity contribution in [2.24, 2.45) is 0 Å². The van der Waals surface area contributed by atoms with Gasteiger partial charge in [0.1, 0.15) is 0 Å². The van der Waals surface area contributed by atoms with E-state index < -0.39 is 4.92 Å². The van der Waals surface area contributed by atoms with Gasteiger partial charge in [0.25, 0.3) is 11.6 Å². The first-order valence-corrected chi connectivity index (χ1v) is 7.48. The monoisotopic (exact) mass is 366 g/mol. The summed E-state index contributed by atoms with van der Waals surface area (Å²) in [6.07, 6.45) is 4.31. The number of nitro benzene ring substituents is 1. The molecule has 2 rings (SSSR count). The molecule has 0 fully saturated rings. The van der Waals surface area contributed by atoms with Gasteiger partial charge in [0.15, 0.2) is 0 Å². The number of benzene rings is 1. The minimum Gasteiger partial charge on any atom is -0.352 e. The lowest BCUT2D eigenvalue weighted by atomic mass is 10.1. The average molecular weight is 367 g/mol. The molecule has 116 valence electrons. The number of halogens is 1. The number of rotatable bonds is 6. The van der Waals surface area contributed by atoms with Gasteiger partial charge in [-0.15, -0.1) is 0 Å². The topological polar surface area (TPSA) is 90.1 Å². The largest absolute Gasteiger partial charge is 0.352 e. The second-order valence-electron chi connectivity index (χ2n) is 4.79. The van der Waals surface area contributed by atoms with Crippen LogP contribution in [-0.2, 0) is 6.54 Å². The summed E-state index contributed by atoms with van der Waals surface area (Å²) in [6, 6.07) is 4.34. The highest BCUT2D eigenvalue weighted by Gasteiger charge is 2.13. The molecule has 0 saturated carbocycles. The third-order valence-corrected chi connectivity index (χ3v) is 3.52. The van der Waals surface area contributed by atoms with Gasteiger partial charge in [0, 0.05) is 36.5 Å². The lowest BCUT2D eigenvalue weighted by Crippen LogP contribution is -2.25. The van der Waals surface area contributed by atoms with Crippen LogP contribution in [0.5, 0.6) is 0 Å². The van der Waals surface area contributed by atoms with Crippen molar-refractivity contribution < 1.29 is 9.72 Å². The fourth-order valence-corrected chi connectivity index (χ4v) is 2.34. The summed E-state index contributed by atoms with van der Waals surface area (Å²) in [5.41, 5.74) is 0.907. The fraction of sp³-hybridized carbons (Fsp3) is 0.286. The number of carbonyl (C=O) groups is 1. The van der Waals surface area contributed by atoms with Crippen molar-refractivity contribution in [2.45, 2.75) is 19.9 Å². The molecular formula is C14H15BrN4O3. The van der Waals surface area contributed by atoms with Crippen LogP contribution in [0, 0.1) is 17.0 Å². The molecule has 0 spiro atoms. The number of hydrogen-bond acceptors (Lipinski definition) is 4. The molecule has 2 aromatic rings. The molecule has 0 unspecified atom stereocenters. The van der Waals surface area contributed by atoms with E-state index in [9.17, 15) is 14.9 Å². The van der Waals surface area contributed by atoms with E-state index in [-0.39, 0.29) is 11.6 Å². The summed E-state index contributed by atoms with van der Waals surface area (Å²) in [6.45, 7) is 2.82. The molecule has 0 radical (unpaired) electrons. The van der Waals surface area contributed by atoms with Crippen molar-refractivity contribution in [3.63, 3.8) is 0 Å². The molecule has 8 heteroatoms. The molecule has 1 aromatic carbocycles. The van der Waals surface area contributed by atoms with E-state index in [0.29, 0.717) is 24.2 Å². The molecule has 1 heterocycles. The molecule has 0 aliphatic rings. The van der Waals surface area contributed by atoms with Gasteiger partial charge in [-0.25, -0.2) is 0 Å². The maximum absolute atomic E-state index is 12.0. The van der Waals surface area contributed by atoms with Crippen LogP contribution >= 0.6 is 15.9 Å². The highest BCUT2D eigenvalue weighted by Crippen LogP contribution is 2.18. The summed E-state index contributed by atoms with van der Waals surface area (Å²) in [4.78, 5) is 22.3. The average Bonchev–Trinajstić information content (AvgIpc) is 2.88. The van der Waals surface area contributed by atoms with Crippen LogP contribution in [0.2, 0.25) is 0 Å². The van der Waals surface area contributed by atoms with E-state index in [1.165, 1.54) is 18.2 Å². The number of carbonyl (C=O) groups excluding carboxylic acids is 1. The van der Waals surface area contributed by atoms with Crippen LogP contribution < -0.4 is 5.32 Å². The molecule has 0 saturated heterocycles. The molecule has 0 bridgehead atoms. The van der Waals surface area contributed by atoms with E-state index in [2.05, 4.69) is 26.3 Å². The predicted octanol–water partition coefficient (Wildman–Crippen LogP) is 2.68. The zero-order valence-corrected chi connectivity index (χ0v) is 13.5. The van der Waals surface area contributed by atoms with Gasteiger partial charge in [0.05, 0.1) is 15.6 Å². The highest BCUT2D eigenvalue weighted by molar-refractivity contribution is 9.10. The van der Waals surface area contributed by atoms with Crippen LogP contribution in [0.15, 0.2) is 35.1 Å². The van der Waals surface area contributed by atoms with Gasteiger partial charge >= 0.3 is 0 Å². The van der Waals surface area contributed by atoms with Gasteiger partial charge in [-0.2, -0.15) is 5.10 Å². The number of nitrogens with one attached hydrogen (secondary N) is 1. The summed E-state index contributed by atoms with van der Waals surface area (Å²) in [5, 5.41) is 17.7. The van der Waals surface area contributed by atoms with Crippen molar-refractivity contribution in [3.05, 3.63) is 56.3 Å². The van der Waals surface area contributed by atoms with Gasteiger partial charge in [0.2, 0.25) is 0 Å². The Morgan fingerprint density at radius 2 is 2.27 bits per heavy atom. The fourth-order valence-electron chi connectivity index (χ4n) is 2.01. The minimum atomic E-state index is -0.459. The SMILES string of the molecule is Cc1cc(C(=O)NCCCn2cc(Br)cn2)ccc1[N+](=O)[O-]. The van der Waals surface area contributed by atoms with Crippen molar-refractivity contribution in [3.8, 4) is 0 Å². The van der Waals surface area contributed by atoms with E-state index in [0.717, 1.165) is 10.9 Å². The number of aryl methyl sites for hydroxylation is 2. The Balaban J connectivity index is 1.84. The summed E-state index contributed by atoms with van der Waals surface area (Å²) < 4.78 is 2.70. The second-order valence-corrected chi connectivity index (χ2v) is 5.71. The second kappa shape index (κ2) is 7.17. The van der Waals surface area contributed by atoms with Crippen molar-refractivity contribution in [1.29, 1.82) is 0 Å². The molecule has 7 nitrogen and oxygen atoms in total. The molecule has 0 aliphatic heterocycles. The normalized spacial score (nSPS) is 10.5. The molecule has 1 N–H and O–H groups in total. The zero-order chi connectivity index (χ0) is 16.1. The maximum atomic E-state index is 12.0. The molecule has 22 heavy (non-hydrogen) atoms. The summed E-state index contributed by atoms with van der Waals surface area (Å²) >= 11 is 3.32. The Labute approximate surface area is 135 Å². The van der Waals surface area contributed by atoms with Gasteiger partial charge < -0.3 is 5.32 Å². The molecule has 0 atom stereocenters. The maximum Gasteiger partial charge on any atom is 0.272 e. The number of aromatic nitrogens is 2. The van der Waals surface area contributed by atoms with Crippen molar-refractivity contribution >= 4 is 27.5 Å². The predicted molar refractivity (Wildman–Crippen MR) is 84.7 cm³/mol. The lowest BCUT2D eigenvalue weighted by Gasteiger charge is -2.06. The standard InChI is InChI=1S/C14H15BrN4O3/c1-10-7-11(3-4-13(10)19(21)22)14(20)16-5-2-6-18-9-12(15)8-17-18/h3-4,7-9H,2,5-6H2,1H3,(H,16,20). The van der Waals surface area contributed by atoms with Crippen molar-refractivity contribution in [2.75, 3.05) is 6.54 Å². The third kappa shape index (κ3) is 4.14. The Morgan fingerprint density at radius 3 is 2.86 bits per heavy atom. The first kappa shape index (κ1) is 16.2. The number of nitrogens with zero attached hydrogens (tertiary/aromatic N) is 3. The zero-order valence-electron chi connectivity index (χ0n) is 12.0. The quantitative estimate of drug-likeness (QED) is 0.483. The minimum absolute atomic E-state index is 0.0146. The first-order valence-electron chi connectivity index (χ1n) is 6.68.